The van der Waals surface area contributed by atoms with Crippen LogP contribution in [0.3, 0.4) is 0 Å². The van der Waals surface area contributed by atoms with Crippen LogP contribution in [0.1, 0.15) is 16.9 Å². The first-order valence-electron chi connectivity index (χ1n) is 7.01. The third-order valence-corrected chi connectivity index (χ3v) is 4.14. The molecule has 3 rings (SSSR count). The molecule has 0 N–H and O–H groups in total. The van der Waals surface area contributed by atoms with Crippen LogP contribution in [0.15, 0.2) is 58.7 Å². The number of hydrogen-bond donors (Lipinski definition) is 0. The minimum atomic E-state index is -0.211. The number of aromatic nitrogens is 1. The normalized spacial score (nSPS) is 10.2. The van der Waals surface area contributed by atoms with E-state index >= 15 is 0 Å². The fourth-order valence-electron chi connectivity index (χ4n) is 2.15. The van der Waals surface area contributed by atoms with Crippen molar-refractivity contribution in [1.29, 1.82) is 5.26 Å². The first kappa shape index (κ1) is 15.0. The molecule has 5 nitrogen and oxygen atoms in total. The first-order chi connectivity index (χ1) is 11.3. The molecule has 0 saturated carbocycles. The number of para-hydroxylation sites is 1. The smallest absolute Gasteiger partial charge is 0.277 e. The zero-order chi connectivity index (χ0) is 16.1. The van der Waals surface area contributed by atoms with Crippen LogP contribution in [0, 0.1) is 11.3 Å². The summed E-state index contributed by atoms with van der Waals surface area (Å²) in [6.45, 7) is 0.331. The Hall–Kier alpha value is -2.91. The SMILES string of the molecule is N#CCCN(C(=O)c1csc(-c2ccoc2)n1)c1ccccc1. The number of carbonyl (C=O) groups is 1. The molecule has 0 radical (unpaired) electrons. The van der Waals surface area contributed by atoms with E-state index in [1.165, 1.54) is 11.3 Å². The monoisotopic (exact) mass is 323 g/mol. The summed E-state index contributed by atoms with van der Waals surface area (Å²) in [6.07, 6.45) is 3.43. The standard InChI is InChI=1S/C17H13N3O2S/c18-8-4-9-20(14-5-2-1-3-6-14)17(21)15-12-23-16(19-15)13-7-10-22-11-13/h1-3,5-7,10-12H,4,9H2. The van der Waals surface area contributed by atoms with E-state index in [2.05, 4.69) is 11.1 Å². The number of nitrogens with zero attached hydrogens (tertiary/aromatic N) is 3. The zero-order valence-electron chi connectivity index (χ0n) is 12.2. The molecular formula is C17H13N3O2S. The highest BCUT2D eigenvalue weighted by atomic mass is 32.1. The molecular weight excluding hydrogens is 310 g/mol. The van der Waals surface area contributed by atoms with Gasteiger partial charge in [0, 0.05) is 23.2 Å². The molecule has 0 saturated heterocycles. The van der Waals surface area contributed by atoms with Gasteiger partial charge in [-0.3, -0.25) is 4.79 Å². The van der Waals surface area contributed by atoms with E-state index in [9.17, 15) is 4.79 Å². The Balaban J connectivity index is 1.88. The van der Waals surface area contributed by atoms with Gasteiger partial charge < -0.3 is 9.32 Å². The highest BCUT2D eigenvalue weighted by Crippen LogP contribution is 2.25. The van der Waals surface area contributed by atoms with Gasteiger partial charge in [-0.2, -0.15) is 5.26 Å². The summed E-state index contributed by atoms with van der Waals surface area (Å²) in [7, 11) is 0. The summed E-state index contributed by atoms with van der Waals surface area (Å²) in [5.41, 5.74) is 1.97. The molecule has 0 unspecified atom stereocenters. The molecule has 0 spiro atoms. The molecule has 2 aromatic heterocycles. The van der Waals surface area contributed by atoms with Gasteiger partial charge in [0.2, 0.25) is 0 Å². The largest absolute Gasteiger partial charge is 0.472 e. The van der Waals surface area contributed by atoms with Gasteiger partial charge in [0.25, 0.3) is 5.91 Å². The van der Waals surface area contributed by atoms with Gasteiger partial charge in [-0.1, -0.05) is 18.2 Å². The maximum absolute atomic E-state index is 12.8. The van der Waals surface area contributed by atoms with Crippen LogP contribution in [0.4, 0.5) is 5.69 Å². The molecule has 114 valence electrons. The van der Waals surface area contributed by atoms with Crippen molar-refractivity contribution < 1.29 is 9.21 Å². The molecule has 0 aliphatic rings. The Kier molecular flexibility index (Phi) is 4.50. The quantitative estimate of drug-likeness (QED) is 0.712. The van der Waals surface area contributed by atoms with Crippen molar-refractivity contribution in [3.63, 3.8) is 0 Å². The maximum atomic E-state index is 12.8. The Morgan fingerprint density at radius 1 is 1.30 bits per heavy atom. The van der Waals surface area contributed by atoms with E-state index in [4.69, 9.17) is 9.68 Å². The molecule has 0 bridgehead atoms. The summed E-state index contributed by atoms with van der Waals surface area (Å²) in [5, 5.41) is 11.3. The lowest BCUT2D eigenvalue weighted by molar-refractivity contribution is 0.0983. The van der Waals surface area contributed by atoms with E-state index in [1.807, 2.05) is 30.3 Å². The topological polar surface area (TPSA) is 70.1 Å². The summed E-state index contributed by atoms with van der Waals surface area (Å²) >= 11 is 1.39. The van der Waals surface area contributed by atoms with Gasteiger partial charge in [-0.05, 0) is 18.2 Å². The lowest BCUT2D eigenvalue weighted by atomic mass is 10.2. The van der Waals surface area contributed by atoms with Gasteiger partial charge in [-0.15, -0.1) is 11.3 Å². The molecule has 1 amide bonds. The van der Waals surface area contributed by atoms with Crippen molar-refractivity contribution in [2.75, 3.05) is 11.4 Å². The fourth-order valence-corrected chi connectivity index (χ4v) is 2.93. The van der Waals surface area contributed by atoms with Crippen molar-refractivity contribution in [2.45, 2.75) is 6.42 Å². The van der Waals surface area contributed by atoms with Gasteiger partial charge in [0.05, 0.1) is 18.8 Å². The van der Waals surface area contributed by atoms with Gasteiger partial charge in [0.15, 0.2) is 0 Å². The number of rotatable bonds is 5. The molecule has 0 fully saturated rings. The summed E-state index contributed by atoms with van der Waals surface area (Å²) in [5.74, 6) is -0.211. The van der Waals surface area contributed by atoms with E-state index in [1.54, 1.807) is 28.9 Å². The number of benzene rings is 1. The molecule has 2 heterocycles. The number of nitriles is 1. The summed E-state index contributed by atoms with van der Waals surface area (Å²) in [4.78, 5) is 18.7. The highest BCUT2D eigenvalue weighted by molar-refractivity contribution is 7.13. The van der Waals surface area contributed by atoms with Crippen LogP contribution >= 0.6 is 11.3 Å². The Labute approximate surface area is 137 Å². The Bertz CT molecular complexity index is 819. The molecule has 0 aliphatic heterocycles. The van der Waals surface area contributed by atoms with Crippen molar-refractivity contribution in [3.05, 3.63) is 60.0 Å². The van der Waals surface area contributed by atoms with E-state index in [-0.39, 0.29) is 12.3 Å². The minimum Gasteiger partial charge on any atom is -0.472 e. The van der Waals surface area contributed by atoms with E-state index in [0.29, 0.717) is 12.2 Å². The van der Waals surface area contributed by atoms with E-state index < -0.39 is 0 Å². The zero-order valence-corrected chi connectivity index (χ0v) is 13.0. The molecule has 23 heavy (non-hydrogen) atoms. The van der Waals surface area contributed by atoms with Crippen LogP contribution in [-0.2, 0) is 0 Å². The number of carbonyl (C=O) groups excluding carboxylic acids is 1. The van der Waals surface area contributed by atoms with Crippen molar-refractivity contribution in [1.82, 2.24) is 4.98 Å². The number of thiazole rings is 1. The molecule has 0 atom stereocenters. The Morgan fingerprint density at radius 3 is 2.83 bits per heavy atom. The third kappa shape index (κ3) is 3.30. The molecule has 0 aliphatic carbocycles. The average Bonchev–Trinajstić information content (AvgIpc) is 3.27. The maximum Gasteiger partial charge on any atom is 0.277 e. The number of amides is 1. The average molecular weight is 323 g/mol. The minimum absolute atomic E-state index is 0.211. The second-order valence-corrected chi connectivity index (χ2v) is 5.61. The lowest BCUT2D eigenvalue weighted by Crippen LogP contribution is -2.32. The summed E-state index contributed by atoms with van der Waals surface area (Å²) in [6, 6.07) is 13.2. The third-order valence-electron chi connectivity index (χ3n) is 3.25. The number of anilines is 1. The van der Waals surface area contributed by atoms with Crippen LogP contribution in [0.2, 0.25) is 0 Å². The van der Waals surface area contributed by atoms with Crippen LogP contribution in [-0.4, -0.2) is 17.4 Å². The van der Waals surface area contributed by atoms with Crippen molar-refractivity contribution in [3.8, 4) is 16.6 Å². The number of furan rings is 1. The molecule has 6 heteroatoms. The van der Waals surface area contributed by atoms with Crippen molar-refractivity contribution in [2.24, 2.45) is 0 Å². The second-order valence-electron chi connectivity index (χ2n) is 4.75. The summed E-state index contributed by atoms with van der Waals surface area (Å²) < 4.78 is 5.04. The number of hydrogen-bond acceptors (Lipinski definition) is 5. The van der Waals surface area contributed by atoms with Crippen LogP contribution in [0.5, 0.6) is 0 Å². The van der Waals surface area contributed by atoms with Gasteiger partial charge in [-0.25, -0.2) is 4.98 Å². The van der Waals surface area contributed by atoms with Gasteiger partial charge >= 0.3 is 0 Å². The van der Waals surface area contributed by atoms with Gasteiger partial charge in [0.1, 0.15) is 17.0 Å². The van der Waals surface area contributed by atoms with Crippen molar-refractivity contribution >= 4 is 22.9 Å². The second kappa shape index (κ2) is 6.90. The van der Waals surface area contributed by atoms with Crippen LogP contribution in [0.25, 0.3) is 10.6 Å². The highest BCUT2D eigenvalue weighted by Gasteiger charge is 2.20. The van der Waals surface area contributed by atoms with Crippen LogP contribution < -0.4 is 4.90 Å². The predicted octanol–water partition coefficient (Wildman–Crippen LogP) is 3.96. The first-order valence-corrected chi connectivity index (χ1v) is 7.89. The lowest BCUT2D eigenvalue weighted by Gasteiger charge is -2.20. The Morgan fingerprint density at radius 2 is 2.13 bits per heavy atom. The fraction of sp³-hybridized carbons (Fsp3) is 0.118. The molecule has 3 aromatic rings. The van der Waals surface area contributed by atoms with E-state index in [0.717, 1.165) is 16.3 Å². The predicted molar refractivity (Wildman–Crippen MR) is 88.2 cm³/mol. The molecule has 1 aromatic carbocycles.